The minimum Gasteiger partial charge on any atom is -0.497 e. The Morgan fingerprint density at radius 2 is 1.68 bits per heavy atom. The second-order valence-corrected chi connectivity index (χ2v) is 11.4. The van der Waals surface area contributed by atoms with Crippen molar-refractivity contribution in [3.63, 3.8) is 0 Å². The van der Waals surface area contributed by atoms with Crippen molar-refractivity contribution in [3.8, 4) is 11.5 Å². The number of nitrogens with zero attached hydrogens (tertiary/aromatic N) is 2. The minimum absolute atomic E-state index is 0.211. The summed E-state index contributed by atoms with van der Waals surface area (Å²) in [6, 6.07) is 20.7. The van der Waals surface area contributed by atoms with E-state index in [1.165, 1.54) is 11.4 Å². The van der Waals surface area contributed by atoms with Crippen molar-refractivity contribution in [1.82, 2.24) is 9.21 Å². The minimum atomic E-state index is -3.67. The van der Waals surface area contributed by atoms with E-state index in [1.54, 1.807) is 19.2 Å². The van der Waals surface area contributed by atoms with Crippen LogP contribution in [0.3, 0.4) is 0 Å². The number of hydrogen-bond acceptors (Lipinski definition) is 6. The number of piperazine rings is 1. The smallest absolute Gasteiger partial charge is 0.246 e. The standard InChI is InChI=1S/C28H33ClN2O5S/c1-21-10-11-26(35-3)28(16-21)37(32,33)31-14-12-30(13-15-31)19-27(23-7-5-9-25(18-23)34-2)36-20-22-6-4-8-24(29)17-22/h4-11,16-18,27H,12-15,19-20H2,1-3H3. The van der Waals surface area contributed by atoms with Crippen LogP contribution in [0, 0.1) is 6.92 Å². The van der Waals surface area contributed by atoms with Crippen LogP contribution in [0.2, 0.25) is 5.02 Å². The second-order valence-electron chi connectivity index (χ2n) is 9.07. The summed E-state index contributed by atoms with van der Waals surface area (Å²) in [5.41, 5.74) is 2.86. The van der Waals surface area contributed by atoms with Crippen molar-refractivity contribution in [1.29, 1.82) is 0 Å². The average molecular weight is 545 g/mol. The van der Waals surface area contributed by atoms with Crippen molar-refractivity contribution in [2.24, 2.45) is 0 Å². The number of methoxy groups -OCH3 is 2. The molecule has 9 heteroatoms. The number of aryl methyl sites for hydroxylation is 1. The number of rotatable bonds is 10. The van der Waals surface area contributed by atoms with Crippen molar-refractivity contribution in [3.05, 3.63) is 88.4 Å². The third-order valence-electron chi connectivity index (χ3n) is 6.50. The van der Waals surface area contributed by atoms with Crippen molar-refractivity contribution in [2.75, 3.05) is 46.9 Å². The molecule has 1 aliphatic heterocycles. The largest absolute Gasteiger partial charge is 0.497 e. The van der Waals surface area contributed by atoms with Crippen molar-refractivity contribution in [2.45, 2.75) is 24.5 Å². The Morgan fingerprint density at radius 3 is 2.38 bits per heavy atom. The topological polar surface area (TPSA) is 68.3 Å². The molecule has 1 fully saturated rings. The monoisotopic (exact) mass is 544 g/mol. The van der Waals surface area contributed by atoms with Crippen LogP contribution in [0.25, 0.3) is 0 Å². The molecule has 1 heterocycles. The summed E-state index contributed by atoms with van der Waals surface area (Å²) in [5, 5.41) is 0.668. The maximum absolute atomic E-state index is 13.4. The SMILES string of the molecule is COc1cccc(C(CN2CCN(S(=O)(=O)c3cc(C)ccc3OC)CC2)OCc2cccc(Cl)c2)c1. The lowest BCUT2D eigenvalue weighted by atomic mass is 10.1. The van der Waals surface area contributed by atoms with E-state index in [2.05, 4.69) is 4.90 Å². The highest BCUT2D eigenvalue weighted by molar-refractivity contribution is 7.89. The Kier molecular flexibility index (Phi) is 9.10. The van der Waals surface area contributed by atoms with Gasteiger partial charge in [-0.2, -0.15) is 4.31 Å². The number of sulfonamides is 1. The van der Waals surface area contributed by atoms with E-state index in [1.807, 2.05) is 61.5 Å². The van der Waals surface area contributed by atoms with Crippen LogP contribution in [0.1, 0.15) is 22.8 Å². The third kappa shape index (κ3) is 6.83. The first-order valence-electron chi connectivity index (χ1n) is 12.2. The van der Waals surface area contributed by atoms with Gasteiger partial charge in [0.25, 0.3) is 0 Å². The van der Waals surface area contributed by atoms with Crippen LogP contribution in [0.15, 0.2) is 71.6 Å². The maximum Gasteiger partial charge on any atom is 0.246 e. The van der Waals surface area contributed by atoms with Gasteiger partial charge in [0.05, 0.1) is 26.9 Å². The summed E-state index contributed by atoms with van der Waals surface area (Å²) in [4.78, 5) is 2.45. The van der Waals surface area contributed by atoms with Gasteiger partial charge in [-0.05, 0) is 60.0 Å². The predicted octanol–water partition coefficient (Wildman–Crippen LogP) is 4.93. The molecule has 0 amide bonds. The molecule has 0 bridgehead atoms. The molecule has 1 unspecified atom stereocenters. The summed E-state index contributed by atoms with van der Waals surface area (Å²) < 4.78 is 45.5. The number of halogens is 1. The van der Waals surface area contributed by atoms with Crippen molar-refractivity contribution < 1.29 is 22.6 Å². The van der Waals surface area contributed by atoms with Crippen LogP contribution >= 0.6 is 11.6 Å². The van der Waals surface area contributed by atoms with Gasteiger partial charge in [0.2, 0.25) is 10.0 Å². The molecule has 7 nitrogen and oxygen atoms in total. The molecule has 3 aromatic carbocycles. The molecule has 1 saturated heterocycles. The first-order valence-corrected chi connectivity index (χ1v) is 14.0. The zero-order valence-corrected chi connectivity index (χ0v) is 23.0. The van der Waals surface area contributed by atoms with Gasteiger partial charge in [0.15, 0.2) is 0 Å². The van der Waals surface area contributed by atoms with E-state index < -0.39 is 10.0 Å². The zero-order chi connectivity index (χ0) is 26.4. The molecule has 4 rings (SSSR count). The molecule has 0 spiro atoms. The lowest BCUT2D eigenvalue weighted by Crippen LogP contribution is -2.49. The molecular formula is C28H33ClN2O5S. The van der Waals surface area contributed by atoms with Crippen LogP contribution in [0.5, 0.6) is 11.5 Å². The number of ether oxygens (including phenoxy) is 3. The first-order chi connectivity index (χ1) is 17.8. The molecule has 0 aliphatic carbocycles. The van der Waals surface area contributed by atoms with Gasteiger partial charge in [-0.15, -0.1) is 0 Å². The quantitative estimate of drug-likeness (QED) is 0.360. The summed E-state index contributed by atoms with van der Waals surface area (Å²) in [6.07, 6.45) is -0.228. The molecule has 0 aromatic heterocycles. The molecule has 0 saturated carbocycles. The summed E-state index contributed by atoms with van der Waals surface area (Å²) in [7, 11) is -0.537. The fourth-order valence-electron chi connectivity index (χ4n) is 4.43. The summed E-state index contributed by atoms with van der Waals surface area (Å²) in [5.74, 6) is 1.12. The Bertz CT molecular complexity index is 1310. The van der Waals surface area contributed by atoms with E-state index in [9.17, 15) is 8.42 Å². The molecule has 1 atom stereocenters. The highest BCUT2D eigenvalue weighted by Gasteiger charge is 2.32. The van der Waals surface area contributed by atoms with Gasteiger partial charge in [0.1, 0.15) is 16.4 Å². The molecule has 198 valence electrons. The van der Waals surface area contributed by atoms with Crippen LogP contribution < -0.4 is 9.47 Å². The Morgan fingerprint density at radius 1 is 0.919 bits per heavy atom. The highest BCUT2D eigenvalue weighted by Crippen LogP contribution is 2.29. The van der Waals surface area contributed by atoms with Gasteiger partial charge in [-0.1, -0.05) is 41.9 Å². The van der Waals surface area contributed by atoms with Gasteiger partial charge in [0, 0.05) is 37.7 Å². The normalized spacial score (nSPS) is 15.9. The highest BCUT2D eigenvalue weighted by atomic mass is 35.5. The average Bonchev–Trinajstić information content (AvgIpc) is 2.91. The van der Waals surface area contributed by atoms with Crippen LogP contribution in [0.4, 0.5) is 0 Å². The van der Waals surface area contributed by atoms with Gasteiger partial charge >= 0.3 is 0 Å². The van der Waals surface area contributed by atoms with Gasteiger partial charge < -0.3 is 14.2 Å². The number of benzene rings is 3. The fraction of sp³-hybridized carbons (Fsp3) is 0.357. The molecule has 1 aliphatic rings. The molecule has 3 aromatic rings. The molecule has 0 N–H and O–H groups in total. The second kappa shape index (κ2) is 12.3. The third-order valence-corrected chi connectivity index (χ3v) is 8.65. The lowest BCUT2D eigenvalue weighted by Gasteiger charge is -2.36. The molecule has 37 heavy (non-hydrogen) atoms. The van der Waals surface area contributed by atoms with Crippen LogP contribution in [-0.2, 0) is 21.4 Å². The first kappa shape index (κ1) is 27.4. The Hall–Kier alpha value is -2.62. The Balaban J connectivity index is 1.46. The summed E-state index contributed by atoms with van der Waals surface area (Å²) in [6.45, 7) is 4.86. The Labute approximate surface area is 224 Å². The lowest BCUT2D eigenvalue weighted by molar-refractivity contribution is 0.00762. The van der Waals surface area contributed by atoms with E-state index in [-0.39, 0.29) is 11.0 Å². The van der Waals surface area contributed by atoms with E-state index in [4.69, 9.17) is 25.8 Å². The fourth-order valence-corrected chi connectivity index (χ4v) is 6.31. The predicted molar refractivity (Wildman–Crippen MR) is 145 cm³/mol. The maximum atomic E-state index is 13.4. The molecular weight excluding hydrogens is 512 g/mol. The molecule has 0 radical (unpaired) electrons. The van der Waals surface area contributed by atoms with Crippen LogP contribution in [-0.4, -0.2) is 64.6 Å². The number of hydrogen-bond donors (Lipinski definition) is 0. The zero-order valence-electron chi connectivity index (χ0n) is 21.4. The van der Waals surface area contributed by atoms with E-state index in [0.29, 0.717) is 50.1 Å². The van der Waals surface area contributed by atoms with Gasteiger partial charge in [-0.3, -0.25) is 4.90 Å². The van der Waals surface area contributed by atoms with Crippen molar-refractivity contribution >= 4 is 21.6 Å². The van der Waals surface area contributed by atoms with E-state index in [0.717, 1.165) is 22.4 Å². The van der Waals surface area contributed by atoms with E-state index >= 15 is 0 Å². The summed E-state index contributed by atoms with van der Waals surface area (Å²) >= 11 is 6.15. The van der Waals surface area contributed by atoms with Gasteiger partial charge in [-0.25, -0.2) is 8.42 Å².